The van der Waals surface area contributed by atoms with E-state index in [0.29, 0.717) is 27.1 Å². The van der Waals surface area contributed by atoms with E-state index in [1.54, 1.807) is 18.3 Å². The van der Waals surface area contributed by atoms with Crippen LogP contribution in [-0.4, -0.2) is 24.5 Å². The van der Waals surface area contributed by atoms with Crippen molar-refractivity contribution in [1.29, 1.82) is 0 Å². The normalized spacial score (nSPS) is 12.7. The molecule has 4 heterocycles. The van der Waals surface area contributed by atoms with Gasteiger partial charge in [-0.3, -0.25) is 4.98 Å². The number of aryl methyl sites for hydroxylation is 2. The van der Waals surface area contributed by atoms with E-state index >= 15 is 0 Å². The molecule has 6 nitrogen and oxygen atoms in total. The van der Waals surface area contributed by atoms with Gasteiger partial charge in [0.25, 0.3) is 0 Å². The molecule has 0 unspecified atom stereocenters. The summed E-state index contributed by atoms with van der Waals surface area (Å²) < 4.78 is 47.7. The molecule has 0 bridgehead atoms. The minimum Gasteiger partial charge on any atom is -0.361 e. The third-order valence-corrected chi connectivity index (χ3v) is 5.87. The number of pyridine rings is 1. The van der Waals surface area contributed by atoms with Crippen molar-refractivity contribution >= 4 is 11.0 Å². The molecule has 0 saturated carbocycles. The second kappa shape index (κ2) is 7.91. The van der Waals surface area contributed by atoms with Crippen LogP contribution in [0.5, 0.6) is 0 Å². The van der Waals surface area contributed by atoms with Gasteiger partial charge in [-0.15, -0.1) is 0 Å². The van der Waals surface area contributed by atoms with Gasteiger partial charge in [-0.2, -0.15) is 13.9 Å². The molecule has 5 rings (SSSR count). The minimum atomic E-state index is -2.73. The second-order valence-electron chi connectivity index (χ2n) is 7.96. The number of fused-ring (bicyclic) bond motifs is 1. The Morgan fingerprint density at radius 1 is 1.00 bits per heavy atom. The van der Waals surface area contributed by atoms with Crippen molar-refractivity contribution < 1.29 is 17.7 Å². The molecule has 0 spiro atoms. The summed E-state index contributed by atoms with van der Waals surface area (Å²) >= 11 is 0. The Hall–Kier alpha value is -3.88. The molecule has 168 valence electrons. The van der Waals surface area contributed by atoms with Crippen molar-refractivity contribution in [2.45, 2.75) is 33.4 Å². The fourth-order valence-electron chi connectivity index (χ4n) is 4.18. The average Bonchev–Trinajstić information content (AvgIpc) is 3.50. The van der Waals surface area contributed by atoms with Crippen LogP contribution in [0.15, 0.2) is 59.6 Å². The zero-order valence-electron chi connectivity index (χ0n) is 18.1. The van der Waals surface area contributed by atoms with E-state index in [9.17, 15) is 13.2 Å². The Morgan fingerprint density at radius 3 is 2.39 bits per heavy atom. The first-order valence-electron chi connectivity index (χ1n) is 10.4. The number of alkyl halides is 2. The van der Waals surface area contributed by atoms with Crippen LogP contribution in [0.3, 0.4) is 0 Å². The number of benzene rings is 1. The van der Waals surface area contributed by atoms with E-state index in [4.69, 9.17) is 4.52 Å². The molecule has 0 aliphatic carbocycles. The average molecular weight is 451 g/mol. The summed E-state index contributed by atoms with van der Waals surface area (Å²) in [6.07, 6.45) is 6.30. The molecule has 0 aliphatic rings. The second-order valence-corrected chi connectivity index (χ2v) is 7.96. The molecule has 1 aromatic carbocycles. The van der Waals surface area contributed by atoms with Crippen LogP contribution in [-0.2, 0) is 0 Å². The predicted octanol–water partition coefficient (Wildman–Crippen LogP) is 6.32. The van der Waals surface area contributed by atoms with Gasteiger partial charge in [0.15, 0.2) is 0 Å². The van der Waals surface area contributed by atoms with E-state index in [0.717, 1.165) is 27.9 Å². The lowest BCUT2D eigenvalue weighted by atomic mass is 10.0. The number of aromatic nitrogens is 5. The number of rotatable bonds is 5. The van der Waals surface area contributed by atoms with Gasteiger partial charge < -0.3 is 9.09 Å². The maximum absolute atomic E-state index is 13.5. The van der Waals surface area contributed by atoms with Crippen LogP contribution < -0.4 is 0 Å². The highest BCUT2D eigenvalue weighted by molar-refractivity contribution is 5.95. The maximum atomic E-state index is 13.5. The third kappa shape index (κ3) is 3.59. The molecule has 0 fully saturated rings. The monoisotopic (exact) mass is 451 g/mol. The first-order chi connectivity index (χ1) is 15.8. The summed E-state index contributed by atoms with van der Waals surface area (Å²) in [6.45, 7) is 2.95. The fourth-order valence-corrected chi connectivity index (χ4v) is 4.18. The van der Waals surface area contributed by atoms with Crippen LogP contribution in [0, 0.1) is 19.7 Å². The number of hydrogen-bond donors (Lipinski definition) is 0. The highest BCUT2D eigenvalue weighted by atomic mass is 19.3. The Balaban J connectivity index is 1.72. The Bertz CT molecular complexity index is 1430. The van der Waals surface area contributed by atoms with Crippen LogP contribution in [0.25, 0.3) is 33.3 Å². The first-order valence-corrected chi connectivity index (χ1v) is 10.4. The SMILES string of the molecule is Cc1noc(C)c1-c1cnc2c(-c3cnn(C(F)F)c3)cn([C@@H](C)c3ccc(F)cc3)c2c1. The Morgan fingerprint density at radius 2 is 1.76 bits per heavy atom. The lowest BCUT2D eigenvalue weighted by Gasteiger charge is -2.16. The van der Waals surface area contributed by atoms with Crippen molar-refractivity contribution in [1.82, 2.24) is 24.5 Å². The number of nitrogens with zero attached hydrogens (tertiary/aromatic N) is 5. The quantitative estimate of drug-likeness (QED) is 0.314. The van der Waals surface area contributed by atoms with Gasteiger partial charge in [0.2, 0.25) is 0 Å². The van der Waals surface area contributed by atoms with Crippen LogP contribution >= 0.6 is 0 Å². The molecule has 0 saturated heterocycles. The molecule has 4 aromatic heterocycles. The van der Waals surface area contributed by atoms with Crippen molar-refractivity contribution in [3.63, 3.8) is 0 Å². The van der Waals surface area contributed by atoms with Gasteiger partial charge in [0.1, 0.15) is 11.6 Å². The van der Waals surface area contributed by atoms with Gasteiger partial charge in [-0.1, -0.05) is 17.3 Å². The molecule has 1 atom stereocenters. The summed E-state index contributed by atoms with van der Waals surface area (Å²) in [5.74, 6) is 0.363. The fraction of sp³-hybridized carbons (Fsp3) is 0.208. The molecule has 33 heavy (non-hydrogen) atoms. The summed E-state index contributed by atoms with van der Waals surface area (Å²) in [7, 11) is 0. The third-order valence-electron chi connectivity index (χ3n) is 5.87. The first kappa shape index (κ1) is 21.0. The standard InChI is InChI=1S/C24H20F3N5O/c1-13-22(15(3)33-30-13)17-8-21-23(28-9-17)20(18-10-29-32(11-18)24(26)27)12-31(21)14(2)16-4-6-19(25)7-5-16/h4-12,14,24H,1-3H3/t14-/m0/s1. The van der Waals surface area contributed by atoms with Crippen LogP contribution in [0.1, 0.15) is 36.5 Å². The van der Waals surface area contributed by atoms with Gasteiger partial charge in [-0.25, -0.2) is 9.07 Å². The van der Waals surface area contributed by atoms with Crippen LogP contribution in [0.4, 0.5) is 13.2 Å². The molecule has 0 aliphatic heterocycles. The van der Waals surface area contributed by atoms with E-state index in [-0.39, 0.29) is 11.9 Å². The highest BCUT2D eigenvalue weighted by Gasteiger charge is 2.21. The molecule has 0 radical (unpaired) electrons. The van der Waals surface area contributed by atoms with Gasteiger partial charge in [0, 0.05) is 40.8 Å². The topological polar surface area (TPSA) is 61.7 Å². The largest absolute Gasteiger partial charge is 0.361 e. The highest BCUT2D eigenvalue weighted by Crippen LogP contribution is 2.36. The summed E-state index contributed by atoms with van der Waals surface area (Å²) in [6, 6.07) is 8.10. The molecule has 9 heteroatoms. The molecule has 5 aromatic rings. The lowest BCUT2D eigenvalue weighted by Crippen LogP contribution is -2.05. The predicted molar refractivity (Wildman–Crippen MR) is 117 cm³/mol. The minimum absolute atomic E-state index is 0.172. The number of halogens is 3. The van der Waals surface area contributed by atoms with Crippen LogP contribution in [0.2, 0.25) is 0 Å². The molecular formula is C24H20F3N5O. The van der Waals surface area contributed by atoms with E-state index in [1.165, 1.54) is 24.5 Å². The van der Waals surface area contributed by atoms with E-state index < -0.39 is 6.55 Å². The summed E-state index contributed by atoms with van der Waals surface area (Å²) in [4.78, 5) is 4.69. The maximum Gasteiger partial charge on any atom is 0.333 e. The molecule has 0 N–H and O–H groups in total. The van der Waals surface area contributed by atoms with E-state index in [2.05, 4.69) is 15.2 Å². The van der Waals surface area contributed by atoms with Gasteiger partial charge in [0.05, 0.1) is 29.0 Å². The Kier molecular flexibility index (Phi) is 5.03. The van der Waals surface area contributed by atoms with Crippen molar-refractivity contribution in [3.8, 4) is 22.3 Å². The lowest BCUT2D eigenvalue weighted by molar-refractivity contribution is 0.0566. The van der Waals surface area contributed by atoms with Crippen molar-refractivity contribution in [3.05, 3.63) is 78.0 Å². The van der Waals surface area contributed by atoms with Gasteiger partial charge in [-0.05, 0) is 44.5 Å². The van der Waals surface area contributed by atoms with Crippen molar-refractivity contribution in [2.75, 3.05) is 0 Å². The van der Waals surface area contributed by atoms with E-state index in [1.807, 2.05) is 37.6 Å². The summed E-state index contributed by atoms with van der Waals surface area (Å²) in [5, 5.41) is 7.80. The van der Waals surface area contributed by atoms with Gasteiger partial charge >= 0.3 is 6.55 Å². The smallest absolute Gasteiger partial charge is 0.333 e. The molecular weight excluding hydrogens is 431 g/mol. The zero-order valence-corrected chi connectivity index (χ0v) is 18.1. The zero-order chi connectivity index (χ0) is 23.3. The molecule has 0 amide bonds. The number of hydrogen-bond acceptors (Lipinski definition) is 4. The summed E-state index contributed by atoms with van der Waals surface area (Å²) in [5.41, 5.74) is 5.98. The van der Waals surface area contributed by atoms with Crippen molar-refractivity contribution in [2.24, 2.45) is 0 Å². The Labute approximate surface area is 187 Å².